The summed E-state index contributed by atoms with van der Waals surface area (Å²) in [7, 11) is -3.66. The summed E-state index contributed by atoms with van der Waals surface area (Å²) < 4.78 is 26.9. The number of nitrogens with zero attached hydrogens (tertiary/aromatic N) is 1. The fourth-order valence-electron chi connectivity index (χ4n) is 1.64. The van der Waals surface area contributed by atoms with Crippen LogP contribution in [0.15, 0.2) is 47.4 Å². The van der Waals surface area contributed by atoms with Gasteiger partial charge in [0.15, 0.2) is 0 Å². The number of nitrogen functional groups attached to an aromatic ring is 1. The zero-order valence-electron chi connectivity index (χ0n) is 10.8. The van der Waals surface area contributed by atoms with Crippen molar-refractivity contribution in [2.75, 3.05) is 10.5 Å². The van der Waals surface area contributed by atoms with Gasteiger partial charge < -0.3 is 5.73 Å². The molecule has 0 bridgehead atoms. The Morgan fingerprint density at radius 1 is 1.15 bits per heavy atom. The lowest BCUT2D eigenvalue weighted by Crippen LogP contribution is -2.13. The molecule has 0 fully saturated rings. The van der Waals surface area contributed by atoms with Gasteiger partial charge in [-0.05, 0) is 55.0 Å². The van der Waals surface area contributed by atoms with Crippen molar-refractivity contribution in [2.24, 2.45) is 0 Å². The van der Waals surface area contributed by atoms with Crippen LogP contribution in [-0.4, -0.2) is 8.42 Å². The molecule has 6 heteroatoms. The maximum Gasteiger partial charge on any atom is 0.261 e. The summed E-state index contributed by atoms with van der Waals surface area (Å²) in [4.78, 5) is 0.147. The van der Waals surface area contributed by atoms with Crippen LogP contribution >= 0.6 is 0 Å². The van der Waals surface area contributed by atoms with Crippen molar-refractivity contribution in [1.29, 1.82) is 5.26 Å². The molecule has 2 aromatic carbocycles. The molecule has 0 aliphatic carbocycles. The number of hydrogen-bond acceptors (Lipinski definition) is 4. The molecule has 0 amide bonds. The molecule has 0 saturated carbocycles. The number of nitrogens with two attached hydrogens (primary N) is 1. The molecule has 5 nitrogen and oxygen atoms in total. The van der Waals surface area contributed by atoms with Gasteiger partial charge in [0.2, 0.25) is 0 Å². The third kappa shape index (κ3) is 2.90. The minimum absolute atomic E-state index is 0.147. The van der Waals surface area contributed by atoms with Crippen LogP contribution < -0.4 is 10.5 Å². The van der Waals surface area contributed by atoms with E-state index in [0.717, 1.165) is 0 Å². The van der Waals surface area contributed by atoms with E-state index in [1.165, 1.54) is 12.1 Å². The number of sulfonamides is 1. The van der Waals surface area contributed by atoms with Crippen molar-refractivity contribution in [3.8, 4) is 6.07 Å². The lowest BCUT2D eigenvalue weighted by molar-refractivity contribution is 0.601. The van der Waals surface area contributed by atoms with Crippen LogP contribution in [0.1, 0.15) is 11.1 Å². The Balaban J connectivity index is 2.30. The third-order valence-electron chi connectivity index (χ3n) is 2.82. The Kier molecular flexibility index (Phi) is 3.63. The van der Waals surface area contributed by atoms with Crippen LogP contribution in [-0.2, 0) is 10.0 Å². The largest absolute Gasteiger partial charge is 0.399 e. The molecule has 0 atom stereocenters. The minimum atomic E-state index is -3.66. The normalized spacial score (nSPS) is 10.8. The molecule has 0 saturated heterocycles. The van der Waals surface area contributed by atoms with Gasteiger partial charge in [-0.15, -0.1) is 0 Å². The SMILES string of the molecule is Cc1cc(S(=O)(=O)Nc2ccc(C#N)cc2)ccc1N. The second-order valence-electron chi connectivity index (χ2n) is 4.31. The van der Waals surface area contributed by atoms with Crippen LogP contribution in [0.3, 0.4) is 0 Å². The zero-order chi connectivity index (χ0) is 14.8. The molecule has 0 radical (unpaired) electrons. The molecular formula is C14H13N3O2S. The van der Waals surface area contributed by atoms with Gasteiger partial charge in [-0.1, -0.05) is 0 Å². The Morgan fingerprint density at radius 2 is 1.80 bits per heavy atom. The van der Waals surface area contributed by atoms with E-state index in [1.807, 2.05) is 6.07 Å². The number of benzene rings is 2. The number of rotatable bonds is 3. The second-order valence-corrected chi connectivity index (χ2v) is 6.00. The molecule has 0 aromatic heterocycles. The number of anilines is 2. The number of hydrogen-bond donors (Lipinski definition) is 2. The summed E-state index contributed by atoms with van der Waals surface area (Å²) in [5, 5.41) is 8.70. The fourth-order valence-corrected chi connectivity index (χ4v) is 2.79. The first-order chi connectivity index (χ1) is 9.42. The third-order valence-corrected chi connectivity index (χ3v) is 4.20. The van der Waals surface area contributed by atoms with Gasteiger partial charge in [-0.25, -0.2) is 8.42 Å². The highest BCUT2D eigenvalue weighted by molar-refractivity contribution is 7.92. The molecule has 0 aliphatic rings. The minimum Gasteiger partial charge on any atom is -0.399 e. The maximum absolute atomic E-state index is 12.2. The van der Waals surface area contributed by atoms with Gasteiger partial charge in [0, 0.05) is 11.4 Å². The Bertz CT molecular complexity index is 775. The van der Waals surface area contributed by atoms with Gasteiger partial charge in [0.1, 0.15) is 0 Å². The van der Waals surface area contributed by atoms with E-state index >= 15 is 0 Å². The summed E-state index contributed by atoms with van der Waals surface area (Å²) in [5.41, 5.74) is 7.79. The average Bonchev–Trinajstić information content (AvgIpc) is 2.42. The van der Waals surface area contributed by atoms with Crippen LogP contribution in [0.4, 0.5) is 11.4 Å². The van der Waals surface area contributed by atoms with Gasteiger partial charge >= 0.3 is 0 Å². The summed E-state index contributed by atoms with van der Waals surface area (Å²) in [6.45, 7) is 1.75. The second kappa shape index (κ2) is 5.23. The monoisotopic (exact) mass is 287 g/mol. The first-order valence-corrected chi connectivity index (χ1v) is 7.30. The Morgan fingerprint density at radius 3 is 2.35 bits per heavy atom. The molecule has 2 aromatic rings. The van der Waals surface area contributed by atoms with E-state index in [4.69, 9.17) is 11.0 Å². The van der Waals surface area contributed by atoms with Crippen molar-refractivity contribution >= 4 is 21.4 Å². The molecule has 0 unspecified atom stereocenters. The highest BCUT2D eigenvalue weighted by atomic mass is 32.2. The Hall–Kier alpha value is -2.52. The molecule has 0 heterocycles. The lowest BCUT2D eigenvalue weighted by atomic mass is 10.2. The lowest BCUT2D eigenvalue weighted by Gasteiger charge is -2.09. The molecule has 0 spiro atoms. The quantitative estimate of drug-likeness (QED) is 0.846. The molecular weight excluding hydrogens is 274 g/mol. The fraction of sp³-hybridized carbons (Fsp3) is 0.0714. The number of nitriles is 1. The number of nitrogens with one attached hydrogen (secondary N) is 1. The van der Waals surface area contributed by atoms with Crippen LogP contribution in [0, 0.1) is 18.3 Å². The topological polar surface area (TPSA) is 96.0 Å². The zero-order valence-corrected chi connectivity index (χ0v) is 11.6. The van der Waals surface area contributed by atoms with Gasteiger partial charge in [0.05, 0.1) is 16.5 Å². The average molecular weight is 287 g/mol. The smallest absolute Gasteiger partial charge is 0.261 e. The van der Waals surface area contributed by atoms with Crippen LogP contribution in [0.2, 0.25) is 0 Å². The highest BCUT2D eigenvalue weighted by Crippen LogP contribution is 2.20. The number of aryl methyl sites for hydroxylation is 1. The molecule has 102 valence electrons. The van der Waals surface area contributed by atoms with E-state index in [9.17, 15) is 8.42 Å². The van der Waals surface area contributed by atoms with Crippen molar-refractivity contribution < 1.29 is 8.42 Å². The van der Waals surface area contributed by atoms with Gasteiger partial charge in [-0.2, -0.15) is 5.26 Å². The van der Waals surface area contributed by atoms with Crippen molar-refractivity contribution in [2.45, 2.75) is 11.8 Å². The van der Waals surface area contributed by atoms with E-state index in [1.54, 1.807) is 37.3 Å². The molecule has 20 heavy (non-hydrogen) atoms. The molecule has 0 aliphatic heterocycles. The van der Waals surface area contributed by atoms with Crippen LogP contribution in [0.25, 0.3) is 0 Å². The van der Waals surface area contributed by atoms with E-state index < -0.39 is 10.0 Å². The van der Waals surface area contributed by atoms with E-state index in [0.29, 0.717) is 22.5 Å². The van der Waals surface area contributed by atoms with Gasteiger partial charge in [0.25, 0.3) is 10.0 Å². The maximum atomic E-state index is 12.2. The highest BCUT2D eigenvalue weighted by Gasteiger charge is 2.14. The van der Waals surface area contributed by atoms with E-state index in [2.05, 4.69) is 4.72 Å². The van der Waals surface area contributed by atoms with Crippen molar-refractivity contribution in [1.82, 2.24) is 0 Å². The van der Waals surface area contributed by atoms with Crippen molar-refractivity contribution in [3.05, 3.63) is 53.6 Å². The van der Waals surface area contributed by atoms with Crippen molar-refractivity contribution in [3.63, 3.8) is 0 Å². The summed E-state index contributed by atoms with van der Waals surface area (Å²) in [6, 6.07) is 12.7. The standard InChI is InChI=1S/C14H13N3O2S/c1-10-8-13(6-7-14(10)16)20(18,19)17-12-4-2-11(9-15)3-5-12/h2-8,17H,16H2,1H3. The summed E-state index contributed by atoms with van der Waals surface area (Å²) in [6.07, 6.45) is 0. The first-order valence-electron chi connectivity index (χ1n) is 5.81. The van der Waals surface area contributed by atoms with E-state index in [-0.39, 0.29) is 4.90 Å². The summed E-state index contributed by atoms with van der Waals surface area (Å²) >= 11 is 0. The Labute approximate surface area is 117 Å². The predicted octanol–water partition coefficient (Wildman–Crippen LogP) is 2.25. The summed E-state index contributed by atoms with van der Waals surface area (Å²) in [5.74, 6) is 0. The molecule has 2 rings (SSSR count). The molecule has 3 N–H and O–H groups in total. The van der Waals surface area contributed by atoms with Crippen LogP contribution in [0.5, 0.6) is 0 Å². The van der Waals surface area contributed by atoms with Gasteiger partial charge in [-0.3, -0.25) is 4.72 Å². The predicted molar refractivity (Wildman–Crippen MR) is 77.6 cm³/mol. The first kappa shape index (κ1) is 13.9.